The van der Waals surface area contributed by atoms with E-state index in [9.17, 15) is 10.1 Å². The smallest absolute Gasteiger partial charge is 0.247 e. The number of nitrogens with zero attached hydrogens (tertiary/aromatic N) is 1. The molecule has 27 heavy (non-hydrogen) atoms. The Morgan fingerprint density at radius 1 is 1.30 bits per heavy atom. The molecule has 1 aliphatic rings. The van der Waals surface area contributed by atoms with Gasteiger partial charge in [0.25, 0.3) is 0 Å². The Labute approximate surface area is 164 Å². The first-order chi connectivity index (χ1) is 13.0. The van der Waals surface area contributed by atoms with Gasteiger partial charge in [-0.15, -0.1) is 11.3 Å². The van der Waals surface area contributed by atoms with Gasteiger partial charge in [0, 0.05) is 4.88 Å². The SMILES string of the molecule is COc1ccc(C)cc1N[C@H](C)C(=O)Nc1sc2c(c1C#N)CCCCC2. The lowest BCUT2D eigenvalue weighted by atomic mass is 10.1. The van der Waals surface area contributed by atoms with E-state index in [0.29, 0.717) is 16.3 Å². The first-order valence-corrected chi connectivity index (χ1v) is 10.1. The van der Waals surface area contributed by atoms with Crippen molar-refractivity contribution in [2.75, 3.05) is 17.7 Å². The van der Waals surface area contributed by atoms with Crippen molar-refractivity contribution in [2.24, 2.45) is 0 Å². The van der Waals surface area contributed by atoms with Crippen molar-refractivity contribution in [3.05, 3.63) is 39.8 Å². The summed E-state index contributed by atoms with van der Waals surface area (Å²) in [6.45, 7) is 3.80. The second-order valence-electron chi connectivity index (χ2n) is 6.94. The van der Waals surface area contributed by atoms with Gasteiger partial charge in [-0.2, -0.15) is 5.26 Å². The first kappa shape index (κ1) is 19.2. The van der Waals surface area contributed by atoms with Crippen LogP contribution in [0.5, 0.6) is 5.75 Å². The molecule has 1 aliphatic carbocycles. The fraction of sp³-hybridized carbons (Fsp3) is 0.429. The second-order valence-corrected chi connectivity index (χ2v) is 8.04. The Balaban J connectivity index is 1.76. The molecule has 0 bridgehead atoms. The van der Waals surface area contributed by atoms with Crippen molar-refractivity contribution >= 4 is 27.9 Å². The van der Waals surface area contributed by atoms with Gasteiger partial charge in [0.05, 0.1) is 18.4 Å². The minimum absolute atomic E-state index is 0.161. The molecule has 5 nitrogen and oxygen atoms in total. The van der Waals surface area contributed by atoms with Crippen molar-refractivity contribution in [2.45, 2.75) is 52.0 Å². The summed E-state index contributed by atoms with van der Waals surface area (Å²) in [7, 11) is 1.61. The third-order valence-electron chi connectivity index (χ3n) is 4.89. The summed E-state index contributed by atoms with van der Waals surface area (Å²) in [5.74, 6) is 0.535. The molecule has 3 rings (SSSR count). The number of hydrogen-bond donors (Lipinski definition) is 2. The van der Waals surface area contributed by atoms with E-state index in [2.05, 4.69) is 16.7 Å². The molecule has 6 heteroatoms. The van der Waals surface area contributed by atoms with E-state index in [1.807, 2.05) is 32.0 Å². The molecule has 1 aromatic heterocycles. The monoisotopic (exact) mass is 383 g/mol. The number of carbonyl (C=O) groups is 1. The molecule has 2 N–H and O–H groups in total. The molecule has 0 spiro atoms. The molecule has 142 valence electrons. The molecule has 1 atom stereocenters. The number of rotatable bonds is 5. The Kier molecular flexibility index (Phi) is 6.02. The molecule has 0 unspecified atom stereocenters. The van der Waals surface area contributed by atoms with E-state index in [4.69, 9.17) is 4.74 Å². The van der Waals surface area contributed by atoms with E-state index in [1.165, 1.54) is 11.3 Å². The zero-order valence-electron chi connectivity index (χ0n) is 16.0. The fourth-order valence-electron chi connectivity index (χ4n) is 3.40. The lowest BCUT2D eigenvalue weighted by Gasteiger charge is -2.17. The number of nitrogens with one attached hydrogen (secondary N) is 2. The van der Waals surface area contributed by atoms with Gasteiger partial charge in [0.15, 0.2) is 0 Å². The standard InChI is InChI=1S/C21H25N3O2S/c1-13-9-10-18(26-3)17(11-13)23-14(2)20(25)24-21-16(12-22)15-7-5-4-6-8-19(15)27-21/h9-11,14,23H,4-8H2,1-3H3,(H,24,25)/t14-/m1/s1. The van der Waals surface area contributed by atoms with Crippen LogP contribution in [0.2, 0.25) is 0 Å². The van der Waals surface area contributed by atoms with Gasteiger partial charge in [0.1, 0.15) is 22.9 Å². The van der Waals surface area contributed by atoms with Crippen LogP contribution < -0.4 is 15.4 Å². The van der Waals surface area contributed by atoms with Crippen molar-refractivity contribution in [3.8, 4) is 11.8 Å². The van der Waals surface area contributed by atoms with Crippen molar-refractivity contribution in [1.29, 1.82) is 5.26 Å². The van der Waals surface area contributed by atoms with Crippen LogP contribution in [0.3, 0.4) is 0 Å². The van der Waals surface area contributed by atoms with Gasteiger partial charge >= 0.3 is 0 Å². The molecule has 0 radical (unpaired) electrons. The minimum Gasteiger partial charge on any atom is -0.495 e. The van der Waals surface area contributed by atoms with Gasteiger partial charge in [-0.3, -0.25) is 4.79 Å². The molecule has 2 aromatic rings. The number of nitriles is 1. The molecule has 0 aliphatic heterocycles. The summed E-state index contributed by atoms with van der Waals surface area (Å²) in [5, 5.41) is 16.5. The zero-order chi connectivity index (χ0) is 19.4. The van der Waals surface area contributed by atoms with E-state index in [-0.39, 0.29) is 5.91 Å². The van der Waals surface area contributed by atoms with Crippen molar-refractivity contribution in [1.82, 2.24) is 0 Å². The predicted molar refractivity (Wildman–Crippen MR) is 110 cm³/mol. The minimum atomic E-state index is -0.464. The van der Waals surface area contributed by atoms with Crippen LogP contribution in [0.25, 0.3) is 0 Å². The molecule has 0 saturated carbocycles. The van der Waals surface area contributed by atoms with Gasteiger partial charge in [-0.25, -0.2) is 0 Å². The summed E-state index contributed by atoms with van der Waals surface area (Å²) < 4.78 is 5.37. The van der Waals surface area contributed by atoms with Crippen LogP contribution in [0.1, 0.15) is 47.8 Å². The number of carbonyl (C=O) groups excluding carboxylic acids is 1. The average molecular weight is 384 g/mol. The molecule has 1 aromatic carbocycles. The lowest BCUT2D eigenvalue weighted by molar-refractivity contribution is -0.116. The zero-order valence-corrected chi connectivity index (χ0v) is 16.8. The number of ether oxygens (including phenoxy) is 1. The van der Waals surface area contributed by atoms with Crippen LogP contribution >= 0.6 is 11.3 Å². The third-order valence-corrected chi connectivity index (χ3v) is 6.10. The summed E-state index contributed by atoms with van der Waals surface area (Å²) in [4.78, 5) is 14.0. The largest absolute Gasteiger partial charge is 0.495 e. The average Bonchev–Trinajstić information content (AvgIpc) is 2.81. The first-order valence-electron chi connectivity index (χ1n) is 9.30. The second kappa shape index (κ2) is 8.45. The van der Waals surface area contributed by atoms with Crippen LogP contribution in [0.4, 0.5) is 10.7 Å². The van der Waals surface area contributed by atoms with Gasteiger partial charge in [-0.05, 0) is 62.8 Å². The maximum atomic E-state index is 12.7. The van der Waals surface area contributed by atoms with E-state index >= 15 is 0 Å². The normalized spacial score (nSPS) is 14.4. The van der Waals surface area contributed by atoms with Gasteiger partial charge in [0.2, 0.25) is 5.91 Å². The van der Waals surface area contributed by atoms with Gasteiger partial charge < -0.3 is 15.4 Å². The maximum Gasteiger partial charge on any atom is 0.247 e. The quantitative estimate of drug-likeness (QED) is 0.737. The summed E-state index contributed by atoms with van der Waals surface area (Å²) >= 11 is 1.56. The number of aryl methyl sites for hydroxylation is 2. The third kappa shape index (κ3) is 4.25. The Morgan fingerprint density at radius 3 is 2.81 bits per heavy atom. The number of amides is 1. The summed E-state index contributed by atoms with van der Waals surface area (Å²) in [5.41, 5.74) is 3.64. The highest BCUT2D eigenvalue weighted by Crippen LogP contribution is 2.37. The highest BCUT2D eigenvalue weighted by molar-refractivity contribution is 7.16. The maximum absolute atomic E-state index is 12.7. The number of benzene rings is 1. The van der Waals surface area contributed by atoms with E-state index < -0.39 is 6.04 Å². The number of thiophene rings is 1. The lowest BCUT2D eigenvalue weighted by Crippen LogP contribution is -2.32. The molecular formula is C21H25N3O2S. The van der Waals surface area contributed by atoms with Crippen LogP contribution in [0, 0.1) is 18.3 Å². The topological polar surface area (TPSA) is 74.2 Å². The van der Waals surface area contributed by atoms with Crippen molar-refractivity contribution < 1.29 is 9.53 Å². The van der Waals surface area contributed by atoms with Gasteiger partial charge in [-0.1, -0.05) is 12.5 Å². The fourth-order valence-corrected chi connectivity index (χ4v) is 4.65. The van der Waals surface area contributed by atoms with Crippen molar-refractivity contribution in [3.63, 3.8) is 0 Å². The summed E-state index contributed by atoms with van der Waals surface area (Å²) in [6.07, 6.45) is 5.39. The molecule has 0 fully saturated rings. The van der Waals surface area contributed by atoms with Crippen LogP contribution in [-0.4, -0.2) is 19.1 Å². The highest BCUT2D eigenvalue weighted by atomic mass is 32.1. The number of anilines is 2. The van der Waals surface area contributed by atoms with Crippen LogP contribution in [-0.2, 0) is 17.6 Å². The number of fused-ring (bicyclic) bond motifs is 1. The Hall–Kier alpha value is -2.52. The number of hydrogen-bond acceptors (Lipinski definition) is 5. The predicted octanol–water partition coefficient (Wildman–Crippen LogP) is 4.64. The molecule has 1 heterocycles. The summed E-state index contributed by atoms with van der Waals surface area (Å²) in [6, 6.07) is 7.64. The Morgan fingerprint density at radius 2 is 2.07 bits per heavy atom. The molecular weight excluding hydrogens is 358 g/mol. The highest BCUT2D eigenvalue weighted by Gasteiger charge is 2.23. The number of methoxy groups -OCH3 is 1. The van der Waals surface area contributed by atoms with Crippen LogP contribution in [0.15, 0.2) is 18.2 Å². The molecule has 1 amide bonds. The van der Waals surface area contributed by atoms with E-state index in [1.54, 1.807) is 18.4 Å². The van der Waals surface area contributed by atoms with E-state index in [0.717, 1.165) is 42.5 Å². The molecule has 0 saturated heterocycles. The Bertz CT molecular complexity index is 882.